The molecule has 4 rings (SSSR count). The molecule has 0 bridgehead atoms. The Bertz CT molecular complexity index is 1260. The standard InChI is InChI=1S/C32H41N5O2/c1-24-6-15-29(31(38)33-17-16-25-7-11-27(12-8-25)34(2)3)30(22-24)32(39)37-20-18-36(19-21-37)23-26-9-13-28(14-10-26)35(4)5/h6-15,22H,16-21,23H2,1-5H3,(H,33,38). The number of hydrogen-bond donors (Lipinski definition) is 1. The third-order valence-electron chi connectivity index (χ3n) is 7.32. The molecule has 0 radical (unpaired) electrons. The molecule has 0 atom stereocenters. The smallest absolute Gasteiger partial charge is 0.254 e. The van der Waals surface area contributed by atoms with E-state index in [0.29, 0.717) is 30.8 Å². The molecule has 1 aliphatic heterocycles. The van der Waals surface area contributed by atoms with Gasteiger partial charge in [0.05, 0.1) is 11.1 Å². The van der Waals surface area contributed by atoms with Gasteiger partial charge in [0.2, 0.25) is 0 Å². The Balaban J connectivity index is 1.33. The first kappa shape index (κ1) is 28.2. The number of aryl methyl sites for hydroxylation is 1. The van der Waals surface area contributed by atoms with Gasteiger partial charge in [-0.1, -0.05) is 35.9 Å². The van der Waals surface area contributed by atoms with E-state index in [4.69, 9.17) is 0 Å². The minimum atomic E-state index is -0.205. The summed E-state index contributed by atoms with van der Waals surface area (Å²) in [6.07, 6.45) is 0.731. The minimum absolute atomic E-state index is 0.0712. The average Bonchev–Trinajstić information content (AvgIpc) is 2.93. The molecule has 1 N–H and O–H groups in total. The number of benzene rings is 3. The zero-order valence-electron chi connectivity index (χ0n) is 23.9. The van der Waals surface area contributed by atoms with Crippen molar-refractivity contribution in [2.75, 3.05) is 70.7 Å². The van der Waals surface area contributed by atoms with Crippen LogP contribution in [0.15, 0.2) is 66.7 Å². The van der Waals surface area contributed by atoms with E-state index < -0.39 is 0 Å². The molecular formula is C32H41N5O2. The summed E-state index contributed by atoms with van der Waals surface area (Å²) in [5.41, 5.74) is 6.65. The summed E-state index contributed by atoms with van der Waals surface area (Å²) in [4.78, 5) is 35.1. The molecule has 206 valence electrons. The topological polar surface area (TPSA) is 59.1 Å². The second-order valence-electron chi connectivity index (χ2n) is 10.7. The van der Waals surface area contributed by atoms with Gasteiger partial charge in [-0.2, -0.15) is 0 Å². The summed E-state index contributed by atoms with van der Waals surface area (Å²) in [6.45, 7) is 6.23. The average molecular weight is 528 g/mol. The zero-order chi connectivity index (χ0) is 27.9. The van der Waals surface area contributed by atoms with E-state index in [2.05, 4.69) is 68.5 Å². The predicted molar refractivity (Wildman–Crippen MR) is 160 cm³/mol. The molecule has 3 aromatic rings. The van der Waals surface area contributed by atoms with Gasteiger partial charge < -0.3 is 20.0 Å². The number of nitrogens with one attached hydrogen (secondary N) is 1. The van der Waals surface area contributed by atoms with E-state index in [1.54, 1.807) is 6.07 Å². The van der Waals surface area contributed by atoms with Gasteiger partial charge in [-0.05, 0) is 60.9 Å². The number of hydrogen-bond acceptors (Lipinski definition) is 5. The minimum Gasteiger partial charge on any atom is -0.378 e. The van der Waals surface area contributed by atoms with Crippen LogP contribution in [0.1, 0.15) is 37.4 Å². The van der Waals surface area contributed by atoms with Crippen LogP contribution in [0.25, 0.3) is 0 Å². The molecule has 0 aliphatic carbocycles. The maximum absolute atomic E-state index is 13.5. The number of nitrogens with zero attached hydrogens (tertiary/aromatic N) is 4. The molecule has 7 nitrogen and oxygen atoms in total. The van der Waals surface area contributed by atoms with Crippen molar-refractivity contribution in [2.45, 2.75) is 19.9 Å². The fourth-order valence-electron chi connectivity index (χ4n) is 4.85. The van der Waals surface area contributed by atoms with Gasteiger partial charge in [0.1, 0.15) is 0 Å². The number of amides is 2. The zero-order valence-corrected chi connectivity index (χ0v) is 23.9. The van der Waals surface area contributed by atoms with Crippen LogP contribution in [0, 0.1) is 6.92 Å². The quantitative estimate of drug-likeness (QED) is 0.455. The van der Waals surface area contributed by atoms with Crippen molar-refractivity contribution < 1.29 is 9.59 Å². The third-order valence-corrected chi connectivity index (χ3v) is 7.32. The molecule has 1 saturated heterocycles. The maximum Gasteiger partial charge on any atom is 0.254 e. The molecule has 1 fully saturated rings. The van der Waals surface area contributed by atoms with E-state index in [1.165, 1.54) is 11.3 Å². The highest BCUT2D eigenvalue weighted by Crippen LogP contribution is 2.19. The van der Waals surface area contributed by atoms with Gasteiger partial charge in [-0.15, -0.1) is 0 Å². The third kappa shape index (κ3) is 7.39. The monoisotopic (exact) mass is 527 g/mol. The molecule has 1 aliphatic rings. The lowest BCUT2D eigenvalue weighted by molar-refractivity contribution is 0.0624. The van der Waals surface area contributed by atoms with E-state index in [0.717, 1.165) is 42.9 Å². The van der Waals surface area contributed by atoms with Gasteiger partial charge in [0.15, 0.2) is 0 Å². The van der Waals surface area contributed by atoms with Crippen molar-refractivity contribution in [1.82, 2.24) is 15.1 Å². The first-order valence-electron chi connectivity index (χ1n) is 13.6. The Morgan fingerprint density at radius 1 is 0.744 bits per heavy atom. The normalized spacial score (nSPS) is 13.7. The van der Waals surface area contributed by atoms with Crippen LogP contribution < -0.4 is 15.1 Å². The van der Waals surface area contributed by atoms with Gasteiger partial charge in [-0.3, -0.25) is 14.5 Å². The lowest BCUT2D eigenvalue weighted by Crippen LogP contribution is -2.48. The van der Waals surface area contributed by atoms with E-state index in [-0.39, 0.29) is 11.8 Å². The Hall–Kier alpha value is -3.84. The second kappa shape index (κ2) is 12.8. The fraction of sp³-hybridized carbons (Fsp3) is 0.375. The molecule has 7 heteroatoms. The number of piperazine rings is 1. The Labute approximate surface area is 233 Å². The van der Waals surface area contributed by atoms with Crippen molar-refractivity contribution in [1.29, 1.82) is 0 Å². The van der Waals surface area contributed by atoms with Crippen LogP contribution in [0.4, 0.5) is 11.4 Å². The van der Waals surface area contributed by atoms with Gasteiger partial charge in [-0.25, -0.2) is 0 Å². The Kier molecular flexibility index (Phi) is 9.25. The molecule has 2 amide bonds. The second-order valence-corrected chi connectivity index (χ2v) is 10.7. The summed E-state index contributed by atoms with van der Waals surface area (Å²) in [7, 11) is 8.11. The van der Waals surface area contributed by atoms with Gasteiger partial charge >= 0.3 is 0 Å². The van der Waals surface area contributed by atoms with E-state index in [1.807, 2.05) is 52.1 Å². The summed E-state index contributed by atoms with van der Waals surface area (Å²) in [6, 6.07) is 22.5. The predicted octanol–water partition coefficient (Wildman–Crippen LogP) is 4.06. The Morgan fingerprint density at radius 3 is 1.87 bits per heavy atom. The fourth-order valence-corrected chi connectivity index (χ4v) is 4.85. The van der Waals surface area contributed by atoms with Crippen LogP contribution in [0.2, 0.25) is 0 Å². The number of anilines is 2. The number of rotatable bonds is 9. The molecular weight excluding hydrogens is 486 g/mol. The molecule has 3 aromatic carbocycles. The van der Waals surface area contributed by atoms with Crippen molar-refractivity contribution in [2.24, 2.45) is 0 Å². The van der Waals surface area contributed by atoms with Crippen molar-refractivity contribution in [3.05, 3.63) is 94.5 Å². The van der Waals surface area contributed by atoms with E-state index >= 15 is 0 Å². The summed E-state index contributed by atoms with van der Waals surface area (Å²) >= 11 is 0. The molecule has 0 unspecified atom stereocenters. The molecule has 0 spiro atoms. The number of carbonyl (C=O) groups is 2. The summed E-state index contributed by atoms with van der Waals surface area (Å²) in [5, 5.41) is 3.02. The van der Waals surface area contributed by atoms with Crippen LogP contribution in [-0.4, -0.2) is 82.5 Å². The molecule has 1 heterocycles. The molecule has 0 saturated carbocycles. The highest BCUT2D eigenvalue weighted by molar-refractivity contribution is 6.07. The van der Waals surface area contributed by atoms with E-state index in [9.17, 15) is 9.59 Å². The number of carbonyl (C=O) groups excluding carboxylic acids is 2. The lowest BCUT2D eigenvalue weighted by Gasteiger charge is -2.35. The molecule has 39 heavy (non-hydrogen) atoms. The maximum atomic E-state index is 13.5. The van der Waals surface area contributed by atoms with Crippen LogP contribution >= 0.6 is 0 Å². The molecule has 0 aromatic heterocycles. The SMILES string of the molecule is Cc1ccc(C(=O)NCCc2ccc(N(C)C)cc2)c(C(=O)N2CCN(Cc3ccc(N(C)C)cc3)CC2)c1. The van der Waals surface area contributed by atoms with Crippen LogP contribution in [0.3, 0.4) is 0 Å². The lowest BCUT2D eigenvalue weighted by atomic mass is 10.0. The first-order valence-corrected chi connectivity index (χ1v) is 13.6. The van der Waals surface area contributed by atoms with Crippen molar-refractivity contribution in [3.63, 3.8) is 0 Å². The summed E-state index contributed by atoms with van der Waals surface area (Å²) < 4.78 is 0. The highest BCUT2D eigenvalue weighted by Gasteiger charge is 2.26. The van der Waals surface area contributed by atoms with Crippen LogP contribution in [-0.2, 0) is 13.0 Å². The summed E-state index contributed by atoms with van der Waals surface area (Å²) in [5.74, 6) is -0.277. The van der Waals surface area contributed by atoms with Gasteiger partial charge in [0.25, 0.3) is 11.8 Å². The van der Waals surface area contributed by atoms with Gasteiger partial charge in [0, 0.05) is 78.8 Å². The van der Waals surface area contributed by atoms with Crippen molar-refractivity contribution in [3.8, 4) is 0 Å². The highest BCUT2D eigenvalue weighted by atomic mass is 16.2. The first-order chi connectivity index (χ1) is 18.7. The van der Waals surface area contributed by atoms with Crippen molar-refractivity contribution >= 4 is 23.2 Å². The van der Waals surface area contributed by atoms with Crippen LogP contribution in [0.5, 0.6) is 0 Å². The Morgan fingerprint density at radius 2 is 1.31 bits per heavy atom. The largest absolute Gasteiger partial charge is 0.378 e.